The first kappa shape index (κ1) is 6.55. The van der Waals surface area contributed by atoms with Crippen molar-refractivity contribution < 1.29 is 4.79 Å². The van der Waals surface area contributed by atoms with E-state index >= 15 is 0 Å². The van der Waals surface area contributed by atoms with E-state index in [1.165, 1.54) is 0 Å². The molecule has 0 unspecified atom stereocenters. The number of nitrogens with one attached hydrogen (secondary N) is 2. The predicted octanol–water partition coefficient (Wildman–Crippen LogP) is -0.0620. The smallest absolute Gasteiger partial charge is 0.239 e. The highest BCUT2D eigenvalue weighted by Gasteiger charge is 2.15. The highest BCUT2D eigenvalue weighted by Crippen LogP contribution is 2.07. The van der Waals surface area contributed by atoms with Gasteiger partial charge < -0.3 is 5.32 Å². The van der Waals surface area contributed by atoms with Crippen LogP contribution in [0.15, 0.2) is 0 Å². The Hall–Kier alpha value is -0.570. The van der Waals surface area contributed by atoms with E-state index in [0.29, 0.717) is 12.5 Å². The molecule has 51 valence electrons. The molecule has 1 saturated heterocycles. The van der Waals surface area contributed by atoms with Crippen molar-refractivity contribution in [2.24, 2.45) is 0 Å². The van der Waals surface area contributed by atoms with Crippen LogP contribution in [-0.2, 0) is 4.79 Å². The average Bonchev–Trinajstić information content (AvgIpc) is 2.15. The van der Waals surface area contributed by atoms with E-state index in [1.807, 2.05) is 0 Å². The first-order valence-electron chi connectivity index (χ1n) is 3.27. The van der Waals surface area contributed by atoms with Crippen molar-refractivity contribution >= 4 is 5.91 Å². The highest BCUT2D eigenvalue weighted by molar-refractivity contribution is 5.73. The van der Waals surface area contributed by atoms with E-state index in [4.69, 9.17) is 5.73 Å². The van der Waals surface area contributed by atoms with Crippen molar-refractivity contribution in [3.05, 3.63) is 0 Å². The van der Waals surface area contributed by atoms with Gasteiger partial charge in [-0.1, -0.05) is 0 Å². The van der Waals surface area contributed by atoms with E-state index in [-0.39, 0.29) is 0 Å². The number of carbonyl (C=O) groups is 1. The largest absolute Gasteiger partial charge is 0.313 e. The summed E-state index contributed by atoms with van der Waals surface area (Å²) in [6.07, 6.45) is 2.60. The van der Waals surface area contributed by atoms with Gasteiger partial charge in [-0.15, -0.1) is 0 Å². The molecule has 1 aliphatic heterocycles. The second-order valence-electron chi connectivity index (χ2n) is 2.42. The Morgan fingerprint density at radius 1 is 1.78 bits per heavy atom. The van der Waals surface area contributed by atoms with Crippen LogP contribution in [0.2, 0.25) is 0 Å². The lowest BCUT2D eigenvalue weighted by Gasteiger charge is -2.03. The molecule has 3 heteroatoms. The van der Waals surface area contributed by atoms with Crippen LogP contribution in [-0.4, -0.2) is 18.5 Å². The molecular weight excluding hydrogens is 116 g/mol. The summed E-state index contributed by atoms with van der Waals surface area (Å²) in [5, 5.41) is 3.15. The van der Waals surface area contributed by atoms with Gasteiger partial charge in [0, 0.05) is 12.5 Å². The van der Waals surface area contributed by atoms with Gasteiger partial charge in [-0.2, -0.15) is 0 Å². The third-order valence-corrected chi connectivity index (χ3v) is 1.59. The van der Waals surface area contributed by atoms with Gasteiger partial charge in [0.1, 0.15) is 0 Å². The average molecular weight is 127 g/mol. The maximum Gasteiger partial charge on any atom is 0.239 e. The second-order valence-corrected chi connectivity index (χ2v) is 2.42. The molecule has 3 nitrogen and oxygen atoms in total. The molecule has 1 aliphatic rings. The summed E-state index contributed by atoms with van der Waals surface area (Å²) in [5.41, 5.74) is 6.66. The van der Waals surface area contributed by atoms with Gasteiger partial charge in [0.05, 0.1) is 0 Å². The molecule has 0 bridgehead atoms. The maximum absolute atomic E-state index is 10.2. The van der Waals surface area contributed by atoms with Gasteiger partial charge in [0.25, 0.3) is 0 Å². The van der Waals surface area contributed by atoms with Crippen LogP contribution >= 0.6 is 0 Å². The lowest BCUT2D eigenvalue weighted by atomic mass is 10.1. The van der Waals surface area contributed by atoms with Crippen LogP contribution in [0.4, 0.5) is 0 Å². The Bertz CT molecular complexity index is 108. The first-order chi connectivity index (χ1) is 4.29. The fourth-order valence-electron chi connectivity index (χ4n) is 1.15. The van der Waals surface area contributed by atoms with Crippen molar-refractivity contribution in [1.29, 1.82) is 0 Å². The van der Waals surface area contributed by atoms with Gasteiger partial charge in [-0.3, -0.25) is 10.5 Å². The summed E-state index contributed by atoms with van der Waals surface area (Å²) in [6.45, 7) is 1.01. The number of hydrogen-bond acceptors (Lipinski definition) is 2. The summed E-state index contributed by atoms with van der Waals surface area (Å²) in [5.74, 6) is -0.450. The minimum atomic E-state index is -0.450. The molecule has 0 spiro atoms. The summed E-state index contributed by atoms with van der Waals surface area (Å²) in [6, 6.07) is 0.301. The maximum atomic E-state index is 10.2. The standard InChI is InChI=1S/C6H11N2O/c7-6(9)4-5-2-1-3-8-5/h5,7-8H,1-4H2/t5-/m0/s1. The van der Waals surface area contributed by atoms with E-state index in [2.05, 4.69) is 5.32 Å². The summed E-state index contributed by atoms with van der Waals surface area (Å²) in [4.78, 5) is 10.2. The summed E-state index contributed by atoms with van der Waals surface area (Å²) < 4.78 is 0. The third kappa shape index (κ3) is 2.01. The molecule has 1 heterocycles. The van der Waals surface area contributed by atoms with Gasteiger partial charge in [-0.05, 0) is 19.4 Å². The van der Waals surface area contributed by atoms with Crippen LogP contribution < -0.4 is 11.1 Å². The summed E-state index contributed by atoms with van der Waals surface area (Å²) in [7, 11) is 0. The van der Waals surface area contributed by atoms with Crippen molar-refractivity contribution in [2.75, 3.05) is 6.54 Å². The van der Waals surface area contributed by atoms with E-state index in [0.717, 1.165) is 19.4 Å². The molecule has 9 heavy (non-hydrogen) atoms. The quantitative estimate of drug-likeness (QED) is 0.565. The molecule has 2 N–H and O–H groups in total. The zero-order valence-corrected chi connectivity index (χ0v) is 5.31. The Morgan fingerprint density at radius 3 is 3.00 bits per heavy atom. The topological polar surface area (TPSA) is 52.9 Å². The number of carbonyl (C=O) groups excluding carboxylic acids is 1. The van der Waals surface area contributed by atoms with Crippen LogP contribution in [0.1, 0.15) is 19.3 Å². The Balaban J connectivity index is 2.19. The van der Waals surface area contributed by atoms with Gasteiger partial charge >= 0.3 is 0 Å². The lowest BCUT2D eigenvalue weighted by molar-refractivity contribution is -0.119. The van der Waals surface area contributed by atoms with Crippen LogP contribution in [0.3, 0.4) is 0 Å². The molecule has 0 aromatic carbocycles. The van der Waals surface area contributed by atoms with Crippen LogP contribution in [0, 0.1) is 0 Å². The zero-order chi connectivity index (χ0) is 6.69. The Kier molecular flexibility index (Phi) is 2.05. The van der Waals surface area contributed by atoms with E-state index < -0.39 is 5.91 Å². The molecule has 1 fully saturated rings. The van der Waals surface area contributed by atoms with Crippen molar-refractivity contribution in [3.8, 4) is 0 Å². The van der Waals surface area contributed by atoms with Crippen molar-refractivity contribution in [1.82, 2.24) is 11.1 Å². The molecule has 0 aliphatic carbocycles. The minimum absolute atomic E-state index is 0.301. The molecule has 1 atom stereocenters. The summed E-state index contributed by atoms with van der Waals surface area (Å²) >= 11 is 0. The van der Waals surface area contributed by atoms with Crippen molar-refractivity contribution in [3.63, 3.8) is 0 Å². The second kappa shape index (κ2) is 2.82. The van der Waals surface area contributed by atoms with Gasteiger partial charge in [0.15, 0.2) is 0 Å². The minimum Gasteiger partial charge on any atom is -0.313 e. The van der Waals surface area contributed by atoms with Gasteiger partial charge in [0.2, 0.25) is 5.91 Å². The Morgan fingerprint density at radius 2 is 2.56 bits per heavy atom. The number of hydrogen-bond donors (Lipinski definition) is 1. The Labute approximate surface area is 54.6 Å². The van der Waals surface area contributed by atoms with E-state index in [9.17, 15) is 4.79 Å². The highest BCUT2D eigenvalue weighted by atomic mass is 16.1. The SMILES string of the molecule is [NH]C(=O)C[C@@H]1CCCN1. The molecule has 0 aromatic heterocycles. The van der Waals surface area contributed by atoms with Gasteiger partial charge in [-0.25, -0.2) is 0 Å². The van der Waals surface area contributed by atoms with Crippen LogP contribution in [0.25, 0.3) is 0 Å². The molecular formula is C6H11N2O. The molecule has 1 rings (SSSR count). The normalized spacial score (nSPS) is 26.4. The molecule has 1 radical (unpaired) electrons. The van der Waals surface area contributed by atoms with Crippen molar-refractivity contribution in [2.45, 2.75) is 25.3 Å². The molecule has 1 amide bonds. The van der Waals surface area contributed by atoms with E-state index in [1.54, 1.807) is 0 Å². The fraction of sp³-hybridized carbons (Fsp3) is 0.833. The van der Waals surface area contributed by atoms with Crippen LogP contribution in [0.5, 0.6) is 0 Å². The third-order valence-electron chi connectivity index (χ3n) is 1.59. The zero-order valence-electron chi connectivity index (χ0n) is 5.31. The predicted molar refractivity (Wildman–Crippen MR) is 33.7 cm³/mol. The monoisotopic (exact) mass is 127 g/mol. The lowest BCUT2D eigenvalue weighted by Crippen LogP contribution is -2.24. The first-order valence-corrected chi connectivity index (χ1v) is 3.27. The number of amides is 1. The fourth-order valence-corrected chi connectivity index (χ4v) is 1.15. The molecule has 0 saturated carbocycles. The number of rotatable bonds is 2. The molecule has 0 aromatic rings.